The van der Waals surface area contributed by atoms with Gasteiger partial charge in [-0.1, -0.05) is 28.1 Å². The van der Waals surface area contributed by atoms with Gasteiger partial charge in [0.2, 0.25) is 0 Å². The Bertz CT molecular complexity index is 682. The van der Waals surface area contributed by atoms with E-state index >= 15 is 0 Å². The summed E-state index contributed by atoms with van der Waals surface area (Å²) in [7, 11) is 0. The molecule has 0 fully saturated rings. The average molecular weight is 365 g/mol. The van der Waals surface area contributed by atoms with E-state index in [4.69, 9.17) is 14.6 Å². The van der Waals surface area contributed by atoms with Gasteiger partial charge in [0.1, 0.15) is 30.3 Å². The lowest BCUT2D eigenvalue weighted by molar-refractivity contribution is 0.0691. The minimum atomic E-state index is -1.00. The zero-order chi connectivity index (χ0) is 16.1. The molecule has 0 aliphatic carbocycles. The molecule has 0 spiro atoms. The number of para-hydroxylation sites is 1. The Morgan fingerprint density at radius 1 is 1.05 bits per heavy atom. The molecular formula is C17H17BrO4. The van der Waals surface area contributed by atoms with Crippen LogP contribution in [0.25, 0.3) is 0 Å². The van der Waals surface area contributed by atoms with E-state index in [1.165, 1.54) is 6.07 Å². The fourth-order valence-electron chi connectivity index (χ4n) is 1.98. The van der Waals surface area contributed by atoms with Gasteiger partial charge in [-0.3, -0.25) is 0 Å². The highest BCUT2D eigenvalue weighted by Gasteiger charge is 2.10. The Labute approximate surface area is 137 Å². The number of benzene rings is 2. The van der Waals surface area contributed by atoms with Gasteiger partial charge >= 0.3 is 5.97 Å². The van der Waals surface area contributed by atoms with E-state index in [9.17, 15) is 4.79 Å². The molecule has 0 unspecified atom stereocenters. The standard InChI is InChI=1S/C17H17BrO4/c1-11-10-16(12(2)9-14(11)18)22-8-7-21-15-6-4-3-5-13(15)17(19)20/h3-6,9-10H,7-8H2,1-2H3,(H,19,20). The van der Waals surface area contributed by atoms with Gasteiger partial charge in [0, 0.05) is 4.47 Å². The summed E-state index contributed by atoms with van der Waals surface area (Å²) in [6, 6.07) is 10.5. The average Bonchev–Trinajstić information content (AvgIpc) is 2.48. The molecule has 0 heterocycles. The van der Waals surface area contributed by atoms with Crippen LogP contribution in [0.5, 0.6) is 11.5 Å². The Morgan fingerprint density at radius 3 is 2.36 bits per heavy atom. The quantitative estimate of drug-likeness (QED) is 0.779. The first-order valence-electron chi connectivity index (χ1n) is 6.83. The number of hydrogen-bond donors (Lipinski definition) is 1. The van der Waals surface area contributed by atoms with Crippen LogP contribution in [0.3, 0.4) is 0 Å². The fourth-order valence-corrected chi connectivity index (χ4v) is 2.44. The smallest absolute Gasteiger partial charge is 0.339 e. The number of aryl methyl sites for hydroxylation is 2. The van der Waals surface area contributed by atoms with E-state index in [-0.39, 0.29) is 12.2 Å². The molecule has 2 aromatic carbocycles. The highest BCUT2D eigenvalue weighted by molar-refractivity contribution is 9.10. The molecule has 0 bridgehead atoms. The van der Waals surface area contributed by atoms with Gasteiger partial charge in [0.25, 0.3) is 0 Å². The highest BCUT2D eigenvalue weighted by Crippen LogP contribution is 2.26. The van der Waals surface area contributed by atoms with E-state index in [0.29, 0.717) is 12.4 Å². The molecule has 0 saturated heterocycles. The van der Waals surface area contributed by atoms with E-state index in [1.54, 1.807) is 18.2 Å². The third-order valence-electron chi connectivity index (χ3n) is 3.17. The second-order valence-electron chi connectivity index (χ2n) is 4.87. The number of ether oxygens (including phenoxy) is 2. The van der Waals surface area contributed by atoms with Crippen molar-refractivity contribution in [3.05, 3.63) is 57.6 Å². The topological polar surface area (TPSA) is 55.8 Å². The second-order valence-corrected chi connectivity index (χ2v) is 5.72. The van der Waals surface area contributed by atoms with Crippen LogP contribution < -0.4 is 9.47 Å². The first kappa shape index (κ1) is 16.4. The van der Waals surface area contributed by atoms with Crippen LogP contribution in [0.4, 0.5) is 0 Å². The molecule has 0 saturated carbocycles. The SMILES string of the molecule is Cc1cc(OCCOc2ccccc2C(=O)O)c(C)cc1Br. The van der Waals surface area contributed by atoms with Crippen molar-refractivity contribution in [2.45, 2.75) is 13.8 Å². The van der Waals surface area contributed by atoms with Crippen LogP contribution >= 0.6 is 15.9 Å². The van der Waals surface area contributed by atoms with Crippen LogP contribution in [0.1, 0.15) is 21.5 Å². The Hall–Kier alpha value is -2.01. The van der Waals surface area contributed by atoms with Crippen molar-refractivity contribution in [1.29, 1.82) is 0 Å². The first-order valence-corrected chi connectivity index (χ1v) is 7.63. The van der Waals surface area contributed by atoms with Crippen molar-refractivity contribution >= 4 is 21.9 Å². The van der Waals surface area contributed by atoms with Crippen LogP contribution in [0.2, 0.25) is 0 Å². The molecule has 0 radical (unpaired) electrons. The number of carbonyl (C=O) groups is 1. The molecule has 1 N–H and O–H groups in total. The van der Waals surface area contributed by atoms with Gasteiger partial charge in [-0.15, -0.1) is 0 Å². The van der Waals surface area contributed by atoms with E-state index in [0.717, 1.165) is 21.3 Å². The third kappa shape index (κ3) is 4.01. The Balaban J connectivity index is 1.93. The lowest BCUT2D eigenvalue weighted by atomic mass is 10.1. The van der Waals surface area contributed by atoms with Crippen molar-refractivity contribution in [2.75, 3.05) is 13.2 Å². The van der Waals surface area contributed by atoms with Crippen molar-refractivity contribution < 1.29 is 19.4 Å². The number of rotatable bonds is 6. The summed E-state index contributed by atoms with van der Waals surface area (Å²) in [5, 5.41) is 9.08. The largest absolute Gasteiger partial charge is 0.490 e. The van der Waals surface area contributed by atoms with Crippen LogP contribution in [-0.4, -0.2) is 24.3 Å². The third-order valence-corrected chi connectivity index (χ3v) is 4.03. The van der Waals surface area contributed by atoms with Gasteiger partial charge in [0.05, 0.1) is 0 Å². The zero-order valence-electron chi connectivity index (χ0n) is 12.4. The zero-order valence-corrected chi connectivity index (χ0v) is 14.0. The predicted molar refractivity (Wildman–Crippen MR) is 88.0 cm³/mol. The number of carboxylic acid groups (broad SMARTS) is 1. The summed E-state index contributed by atoms with van der Waals surface area (Å²) in [5.74, 6) is 0.147. The molecule has 0 aliphatic heterocycles. The van der Waals surface area contributed by atoms with Gasteiger partial charge in [0.15, 0.2) is 0 Å². The fraction of sp³-hybridized carbons (Fsp3) is 0.235. The summed E-state index contributed by atoms with van der Waals surface area (Å²) in [5.41, 5.74) is 2.28. The van der Waals surface area contributed by atoms with Gasteiger partial charge < -0.3 is 14.6 Å². The maximum atomic E-state index is 11.1. The normalized spacial score (nSPS) is 10.3. The minimum Gasteiger partial charge on any atom is -0.490 e. The molecule has 0 aliphatic rings. The summed E-state index contributed by atoms with van der Waals surface area (Å²) in [6.45, 7) is 4.59. The lowest BCUT2D eigenvalue weighted by Crippen LogP contribution is -2.11. The van der Waals surface area contributed by atoms with E-state index < -0.39 is 5.97 Å². The van der Waals surface area contributed by atoms with Gasteiger partial charge in [-0.2, -0.15) is 0 Å². The maximum absolute atomic E-state index is 11.1. The Kier molecular flexibility index (Phi) is 5.44. The molecular weight excluding hydrogens is 348 g/mol. The monoisotopic (exact) mass is 364 g/mol. The molecule has 0 amide bonds. The lowest BCUT2D eigenvalue weighted by Gasteiger charge is -2.12. The van der Waals surface area contributed by atoms with Crippen molar-refractivity contribution in [1.82, 2.24) is 0 Å². The molecule has 2 aromatic rings. The molecule has 0 atom stereocenters. The van der Waals surface area contributed by atoms with Crippen LogP contribution in [0, 0.1) is 13.8 Å². The molecule has 2 rings (SSSR count). The number of carboxylic acids is 1. The van der Waals surface area contributed by atoms with Gasteiger partial charge in [-0.05, 0) is 49.2 Å². The first-order chi connectivity index (χ1) is 10.5. The second kappa shape index (κ2) is 7.31. The van der Waals surface area contributed by atoms with Crippen LogP contribution in [0.15, 0.2) is 40.9 Å². The molecule has 116 valence electrons. The molecule has 22 heavy (non-hydrogen) atoms. The van der Waals surface area contributed by atoms with Crippen LogP contribution in [-0.2, 0) is 0 Å². The van der Waals surface area contributed by atoms with Crippen molar-refractivity contribution in [3.8, 4) is 11.5 Å². The maximum Gasteiger partial charge on any atom is 0.339 e. The predicted octanol–water partition coefficient (Wildman–Crippen LogP) is 4.22. The number of aromatic carboxylic acids is 1. The summed E-state index contributed by atoms with van der Waals surface area (Å²) >= 11 is 3.48. The van der Waals surface area contributed by atoms with Crippen molar-refractivity contribution in [3.63, 3.8) is 0 Å². The summed E-state index contributed by atoms with van der Waals surface area (Å²) in [4.78, 5) is 11.1. The molecule has 0 aromatic heterocycles. The van der Waals surface area contributed by atoms with E-state index in [2.05, 4.69) is 15.9 Å². The van der Waals surface area contributed by atoms with Crippen molar-refractivity contribution in [2.24, 2.45) is 0 Å². The number of halogens is 1. The van der Waals surface area contributed by atoms with Gasteiger partial charge in [-0.25, -0.2) is 4.79 Å². The van der Waals surface area contributed by atoms with E-state index in [1.807, 2.05) is 26.0 Å². The summed E-state index contributed by atoms with van der Waals surface area (Å²) < 4.78 is 12.2. The highest BCUT2D eigenvalue weighted by atomic mass is 79.9. The minimum absolute atomic E-state index is 0.151. The summed E-state index contributed by atoms with van der Waals surface area (Å²) in [6.07, 6.45) is 0. The molecule has 4 nitrogen and oxygen atoms in total. The number of hydrogen-bond acceptors (Lipinski definition) is 3. The molecule has 5 heteroatoms. The Morgan fingerprint density at radius 2 is 1.68 bits per heavy atom.